The summed E-state index contributed by atoms with van der Waals surface area (Å²) < 4.78 is 47.6. The fraction of sp³-hybridized carbons (Fsp3) is 0.400. The maximum absolute atomic E-state index is 13.5. The molecule has 17 heavy (non-hydrogen) atoms. The van der Waals surface area contributed by atoms with Crippen LogP contribution in [0.2, 0.25) is 0 Å². The van der Waals surface area contributed by atoms with Gasteiger partial charge in [-0.05, 0) is 0 Å². The minimum atomic E-state index is -3.00. The topological polar surface area (TPSA) is 48.4 Å². The molecule has 4 nitrogen and oxygen atoms in total. The van der Waals surface area contributed by atoms with E-state index in [1.807, 2.05) is 0 Å². The van der Waals surface area contributed by atoms with Crippen LogP contribution in [0.3, 0.4) is 0 Å². The van der Waals surface area contributed by atoms with Crippen LogP contribution in [0.1, 0.15) is 17.7 Å². The summed E-state index contributed by atoms with van der Waals surface area (Å²) >= 11 is 0. The largest absolute Gasteiger partial charge is 0.481 e. The summed E-state index contributed by atoms with van der Waals surface area (Å²) in [7, 11) is 2.26. The van der Waals surface area contributed by atoms with Crippen molar-refractivity contribution in [2.45, 2.75) is 12.8 Å². The molecule has 7 heteroatoms. The van der Waals surface area contributed by atoms with Crippen LogP contribution in [0.25, 0.3) is 0 Å². The average Bonchev–Trinajstić information content (AvgIpc) is 2.30. The van der Waals surface area contributed by atoms with Gasteiger partial charge in [0.2, 0.25) is 5.88 Å². The minimum absolute atomic E-state index is 0.272. The number of methoxy groups -OCH3 is 2. The molecule has 0 aliphatic rings. The van der Waals surface area contributed by atoms with Crippen molar-refractivity contribution in [1.29, 1.82) is 0 Å². The average molecular weight is 249 g/mol. The monoisotopic (exact) mass is 249 g/mol. The van der Waals surface area contributed by atoms with Crippen LogP contribution in [-0.4, -0.2) is 25.2 Å². The van der Waals surface area contributed by atoms with Crippen molar-refractivity contribution in [3.63, 3.8) is 0 Å². The third-order valence-electron chi connectivity index (χ3n) is 2.04. The molecule has 0 aliphatic carbocycles. The quantitative estimate of drug-likeness (QED) is 0.764. The zero-order chi connectivity index (χ0) is 13.0. The summed E-state index contributed by atoms with van der Waals surface area (Å²) in [6.07, 6.45) is -3.60. The first-order chi connectivity index (χ1) is 7.99. The lowest BCUT2D eigenvalue weighted by Crippen LogP contribution is -2.11. The first kappa shape index (κ1) is 13.3. The molecule has 0 bridgehead atoms. The number of halogens is 3. The van der Waals surface area contributed by atoms with E-state index in [0.29, 0.717) is 0 Å². The van der Waals surface area contributed by atoms with E-state index in [0.717, 1.165) is 13.2 Å². The van der Waals surface area contributed by atoms with Crippen LogP contribution in [0.4, 0.5) is 13.2 Å². The van der Waals surface area contributed by atoms with Gasteiger partial charge in [-0.1, -0.05) is 0 Å². The molecule has 0 saturated heterocycles. The van der Waals surface area contributed by atoms with Gasteiger partial charge < -0.3 is 9.47 Å². The number of aromatic nitrogens is 1. The Morgan fingerprint density at radius 3 is 2.59 bits per heavy atom. The SMILES string of the molecule is COC(=O)Cc1c(F)cc(OC)nc1C(F)F. The Morgan fingerprint density at radius 1 is 1.47 bits per heavy atom. The van der Waals surface area contributed by atoms with E-state index < -0.39 is 35.9 Å². The molecule has 0 atom stereocenters. The highest BCUT2D eigenvalue weighted by atomic mass is 19.3. The Morgan fingerprint density at radius 2 is 2.12 bits per heavy atom. The standard InChI is InChI=1S/C10H10F3NO3/c1-16-7-4-6(11)5(3-8(15)17-2)9(14-7)10(12)13/h4,10H,3H2,1-2H3. The highest BCUT2D eigenvalue weighted by Gasteiger charge is 2.22. The van der Waals surface area contributed by atoms with Gasteiger partial charge in [-0.3, -0.25) is 4.79 Å². The van der Waals surface area contributed by atoms with Crippen molar-refractivity contribution in [1.82, 2.24) is 4.98 Å². The number of nitrogens with zero attached hydrogens (tertiary/aromatic N) is 1. The second kappa shape index (κ2) is 5.51. The lowest BCUT2D eigenvalue weighted by molar-refractivity contribution is -0.139. The van der Waals surface area contributed by atoms with E-state index in [-0.39, 0.29) is 5.88 Å². The van der Waals surface area contributed by atoms with Crippen molar-refractivity contribution < 1.29 is 27.4 Å². The Labute approximate surface area is 95.4 Å². The van der Waals surface area contributed by atoms with E-state index in [9.17, 15) is 18.0 Å². The van der Waals surface area contributed by atoms with Crippen LogP contribution in [0.15, 0.2) is 6.07 Å². The van der Waals surface area contributed by atoms with Gasteiger partial charge in [0, 0.05) is 11.6 Å². The highest BCUT2D eigenvalue weighted by Crippen LogP contribution is 2.26. The molecule has 1 aromatic heterocycles. The van der Waals surface area contributed by atoms with E-state index in [1.165, 1.54) is 7.11 Å². The number of esters is 1. The molecule has 0 unspecified atom stereocenters. The molecule has 0 N–H and O–H groups in total. The summed E-state index contributed by atoms with van der Waals surface area (Å²) in [6.45, 7) is 0. The second-order valence-corrected chi connectivity index (χ2v) is 3.06. The molecular weight excluding hydrogens is 239 g/mol. The summed E-state index contributed by atoms with van der Waals surface area (Å²) in [4.78, 5) is 14.4. The van der Waals surface area contributed by atoms with E-state index in [2.05, 4.69) is 14.5 Å². The van der Waals surface area contributed by atoms with Crippen LogP contribution in [0, 0.1) is 5.82 Å². The maximum Gasteiger partial charge on any atom is 0.310 e. The predicted octanol–water partition coefficient (Wildman–Crippen LogP) is 1.88. The number of carbonyl (C=O) groups is 1. The van der Waals surface area contributed by atoms with Crippen molar-refractivity contribution in [3.8, 4) is 5.88 Å². The fourth-order valence-electron chi connectivity index (χ4n) is 1.21. The van der Waals surface area contributed by atoms with Gasteiger partial charge in [-0.15, -0.1) is 0 Å². The fourth-order valence-corrected chi connectivity index (χ4v) is 1.21. The lowest BCUT2D eigenvalue weighted by atomic mass is 10.1. The second-order valence-electron chi connectivity index (χ2n) is 3.06. The lowest BCUT2D eigenvalue weighted by Gasteiger charge is -2.10. The molecule has 0 radical (unpaired) electrons. The summed E-state index contributed by atoms with van der Waals surface area (Å²) in [5, 5.41) is 0. The number of pyridine rings is 1. The maximum atomic E-state index is 13.5. The molecule has 0 fully saturated rings. The Hall–Kier alpha value is -1.79. The molecule has 0 spiro atoms. The molecule has 1 aromatic rings. The van der Waals surface area contributed by atoms with Crippen molar-refractivity contribution >= 4 is 5.97 Å². The molecular formula is C10H10F3NO3. The van der Waals surface area contributed by atoms with Crippen LogP contribution in [0.5, 0.6) is 5.88 Å². The highest BCUT2D eigenvalue weighted by molar-refractivity contribution is 5.72. The zero-order valence-electron chi connectivity index (χ0n) is 9.17. The van der Waals surface area contributed by atoms with Crippen LogP contribution < -0.4 is 4.74 Å². The smallest absolute Gasteiger partial charge is 0.310 e. The third kappa shape index (κ3) is 3.08. The van der Waals surface area contributed by atoms with Gasteiger partial charge in [0.25, 0.3) is 6.43 Å². The van der Waals surface area contributed by atoms with E-state index in [1.54, 1.807) is 0 Å². The molecule has 1 heterocycles. The van der Waals surface area contributed by atoms with Gasteiger partial charge in [0.15, 0.2) is 0 Å². The first-order valence-electron chi connectivity index (χ1n) is 4.57. The van der Waals surface area contributed by atoms with Crippen LogP contribution in [-0.2, 0) is 16.0 Å². The zero-order valence-corrected chi connectivity index (χ0v) is 9.17. The summed E-state index contributed by atoms with van der Waals surface area (Å²) in [5.41, 5.74) is -1.29. The summed E-state index contributed by atoms with van der Waals surface area (Å²) in [6, 6.07) is 0.837. The normalized spacial score (nSPS) is 10.5. The van der Waals surface area contributed by atoms with Gasteiger partial charge >= 0.3 is 5.97 Å². The van der Waals surface area contributed by atoms with Gasteiger partial charge in [0.1, 0.15) is 11.5 Å². The molecule has 0 amide bonds. The number of hydrogen-bond donors (Lipinski definition) is 0. The van der Waals surface area contributed by atoms with Crippen LogP contribution >= 0.6 is 0 Å². The van der Waals surface area contributed by atoms with Crippen molar-refractivity contribution in [2.75, 3.05) is 14.2 Å². The molecule has 0 aliphatic heterocycles. The number of hydrogen-bond acceptors (Lipinski definition) is 4. The Bertz CT molecular complexity index is 424. The molecule has 0 saturated carbocycles. The molecule has 1 rings (SSSR count). The summed E-state index contributed by atoms with van der Waals surface area (Å²) in [5.74, 6) is -2.07. The Kier molecular flexibility index (Phi) is 4.30. The molecule has 94 valence electrons. The van der Waals surface area contributed by atoms with Crippen molar-refractivity contribution in [2.24, 2.45) is 0 Å². The Balaban J connectivity index is 3.21. The molecule has 0 aromatic carbocycles. The number of alkyl halides is 2. The number of ether oxygens (including phenoxy) is 2. The van der Waals surface area contributed by atoms with Gasteiger partial charge in [-0.25, -0.2) is 18.2 Å². The van der Waals surface area contributed by atoms with Gasteiger partial charge in [-0.2, -0.15) is 0 Å². The van der Waals surface area contributed by atoms with Gasteiger partial charge in [0.05, 0.1) is 20.6 Å². The third-order valence-corrected chi connectivity index (χ3v) is 2.04. The number of carbonyl (C=O) groups excluding carboxylic acids is 1. The predicted molar refractivity (Wildman–Crippen MR) is 51.4 cm³/mol. The number of rotatable bonds is 4. The van der Waals surface area contributed by atoms with Crippen molar-refractivity contribution in [3.05, 3.63) is 23.1 Å². The first-order valence-corrected chi connectivity index (χ1v) is 4.57. The van der Waals surface area contributed by atoms with E-state index >= 15 is 0 Å². The minimum Gasteiger partial charge on any atom is -0.481 e. The van der Waals surface area contributed by atoms with E-state index in [4.69, 9.17) is 0 Å².